The van der Waals surface area contributed by atoms with Crippen LogP contribution in [0.15, 0.2) is 83.8 Å². The number of nitrogens with one attached hydrogen (secondary N) is 1. The zero-order chi connectivity index (χ0) is 23.3. The Morgan fingerprint density at radius 3 is 2.06 bits per heavy atom. The third-order valence-corrected chi connectivity index (χ3v) is 7.36. The number of piperazine rings is 1. The van der Waals surface area contributed by atoms with Crippen molar-refractivity contribution >= 4 is 21.6 Å². The molecule has 1 unspecified atom stereocenters. The van der Waals surface area contributed by atoms with E-state index in [2.05, 4.69) is 33.9 Å². The quantitative estimate of drug-likeness (QED) is 0.489. The SMILES string of the molecule is CN1CCN(CC(c2ccc(Cl)cc2)c2ccc(ONS(=O)(=O)c3ccccc3)cc2)CC1. The average Bonchev–Trinajstić information content (AvgIpc) is 2.84. The lowest BCUT2D eigenvalue weighted by Gasteiger charge is -2.35. The Balaban J connectivity index is 1.48. The monoisotopic (exact) mass is 485 g/mol. The number of rotatable bonds is 8. The predicted octanol–water partition coefficient (Wildman–Crippen LogP) is 3.99. The van der Waals surface area contributed by atoms with Crippen molar-refractivity contribution in [1.82, 2.24) is 14.7 Å². The van der Waals surface area contributed by atoms with Crippen molar-refractivity contribution in [1.29, 1.82) is 0 Å². The molecule has 1 aliphatic rings. The molecule has 1 heterocycles. The lowest BCUT2D eigenvalue weighted by Crippen LogP contribution is -2.45. The number of likely N-dealkylation sites (N-methyl/N-ethyl adjacent to an activating group) is 1. The summed E-state index contributed by atoms with van der Waals surface area (Å²) in [5.74, 6) is 0.591. The summed E-state index contributed by atoms with van der Waals surface area (Å²) >= 11 is 6.12. The molecular weight excluding hydrogens is 458 g/mol. The molecule has 6 nitrogen and oxygen atoms in total. The molecule has 4 rings (SSSR count). The Morgan fingerprint density at radius 1 is 0.879 bits per heavy atom. The molecule has 0 amide bonds. The third kappa shape index (κ3) is 6.34. The van der Waals surface area contributed by atoms with Gasteiger partial charge in [0.25, 0.3) is 10.0 Å². The van der Waals surface area contributed by atoms with E-state index in [-0.39, 0.29) is 10.8 Å². The van der Waals surface area contributed by atoms with Gasteiger partial charge in [-0.2, -0.15) is 0 Å². The molecule has 0 bridgehead atoms. The van der Waals surface area contributed by atoms with Crippen LogP contribution in [0.4, 0.5) is 0 Å². The number of benzene rings is 3. The molecular formula is C25H28ClN3O3S. The average molecular weight is 486 g/mol. The van der Waals surface area contributed by atoms with Crippen molar-refractivity contribution in [2.75, 3.05) is 39.8 Å². The lowest BCUT2D eigenvalue weighted by molar-refractivity contribution is 0.150. The van der Waals surface area contributed by atoms with Gasteiger partial charge in [-0.3, -0.25) is 4.90 Å². The van der Waals surface area contributed by atoms with Gasteiger partial charge in [0.15, 0.2) is 0 Å². The Kier molecular flexibility index (Phi) is 7.67. The van der Waals surface area contributed by atoms with Gasteiger partial charge in [0.2, 0.25) is 0 Å². The number of hydrogen-bond donors (Lipinski definition) is 1. The molecule has 8 heteroatoms. The van der Waals surface area contributed by atoms with Crippen LogP contribution in [0, 0.1) is 0 Å². The number of halogens is 1. The van der Waals surface area contributed by atoms with Gasteiger partial charge in [0.05, 0.1) is 4.90 Å². The first-order valence-electron chi connectivity index (χ1n) is 10.9. The molecule has 1 atom stereocenters. The van der Waals surface area contributed by atoms with Crippen LogP contribution in [0.2, 0.25) is 5.02 Å². The predicted molar refractivity (Wildman–Crippen MR) is 131 cm³/mol. The fourth-order valence-electron chi connectivity index (χ4n) is 3.91. The first-order valence-corrected chi connectivity index (χ1v) is 12.8. The fraction of sp³-hybridized carbons (Fsp3) is 0.280. The van der Waals surface area contributed by atoms with Crippen molar-refractivity contribution in [2.45, 2.75) is 10.8 Å². The van der Waals surface area contributed by atoms with E-state index in [1.165, 1.54) is 17.7 Å². The van der Waals surface area contributed by atoms with E-state index in [0.717, 1.165) is 38.3 Å². The van der Waals surface area contributed by atoms with E-state index in [9.17, 15) is 8.42 Å². The maximum atomic E-state index is 12.4. The third-order valence-electron chi connectivity index (χ3n) is 5.91. The van der Waals surface area contributed by atoms with E-state index < -0.39 is 10.0 Å². The van der Waals surface area contributed by atoms with Crippen LogP contribution in [0.3, 0.4) is 0 Å². The summed E-state index contributed by atoms with van der Waals surface area (Å²) in [6, 6.07) is 23.7. The van der Waals surface area contributed by atoms with Crippen LogP contribution < -0.4 is 9.72 Å². The molecule has 0 spiro atoms. The summed E-state index contributed by atoms with van der Waals surface area (Å²) in [7, 11) is -1.60. The van der Waals surface area contributed by atoms with Gasteiger partial charge in [0.1, 0.15) is 5.75 Å². The lowest BCUT2D eigenvalue weighted by atomic mass is 9.90. The first-order chi connectivity index (χ1) is 15.9. The van der Waals surface area contributed by atoms with Crippen molar-refractivity contribution in [3.8, 4) is 5.75 Å². The van der Waals surface area contributed by atoms with Gasteiger partial charge in [-0.25, -0.2) is 8.42 Å². The Morgan fingerprint density at radius 2 is 1.45 bits per heavy atom. The van der Waals surface area contributed by atoms with Crippen LogP contribution in [0.25, 0.3) is 0 Å². The zero-order valence-electron chi connectivity index (χ0n) is 18.5. The highest BCUT2D eigenvalue weighted by Crippen LogP contribution is 2.29. The second-order valence-electron chi connectivity index (χ2n) is 8.28. The van der Waals surface area contributed by atoms with Crippen LogP contribution in [0.5, 0.6) is 5.75 Å². The van der Waals surface area contributed by atoms with Gasteiger partial charge in [0, 0.05) is 43.7 Å². The summed E-state index contributed by atoms with van der Waals surface area (Å²) in [5, 5.41) is 0.714. The van der Waals surface area contributed by atoms with E-state index in [4.69, 9.17) is 16.4 Å². The van der Waals surface area contributed by atoms with Crippen molar-refractivity contribution in [3.05, 3.63) is 95.0 Å². The van der Waals surface area contributed by atoms with Gasteiger partial charge < -0.3 is 9.74 Å². The smallest absolute Gasteiger partial charge is 0.271 e. The Hall–Kier alpha value is -2.42. The van der Waals surface area contributed by atoms with E-state index in [1.807, 2.05) is 24.3 Å². The molecule has 0 radical (unpaired) electrons. The molecule has 33 heavy (non-hydrogen) atoms. The first kappa shape index (κ1) is 23.7. The molecule has 1 saturated heterocycles. The van der Waals surface area contributed by atoms with Gasteiger partial charge in [-0.1, -0.05) is 54.1 Å². The summed E-state index contributed by atoms with van der Waals surface area (Å²) in [5.41, 5.74) is 2.33. The molecule has 0 aromatic heterocycles. The summed E-state index contributed by atoms with van der Waals surface area (Å²) in [4.78, 5) is 12.5. The Labute approximate surface area is 200 Å². The zero-order valence-corrected chi connectivity index (χ0v) is 20.1. The minimum atomic E-state index is -3.75. The molecule has 1 fully saturated rings. The van der Waals surface area contributed by atoms with E-state index >= 15 is 0 Å². The molecule has 1 aliphatic heterocycles. The minimum Gasteiger partial charge on any atom is -0.394 e. The largest absolute Gasteiger partial charge is 0.394 e. The molecule has 3 aromatic rings. The van der Waals surface area contributed by atoms with E-state index in [1.54, 1.807) is 30.3 Å². The highest BCUT2D eigenvalue weighted by atomic mass is 35.5. The Bertz CT molecular complexity index is 1130. The molecule has 3 aromatic carbocycles. The second kappa shape index (κ2) is 10.7. The summed E-state index contributed by atoms with van der Waals surface area (Å²) in [6.07, 6.45) is 0. The van der Waals surface area contributed by atoms with Crippen LogP contribution in [-0.4, -0.2) is 58.0 Å². The van der Waals surface area contributed by atoms with Crippen molar-refractivity contribution in [2.24, 2.45) is 0 Å². The normalized spacial score (nSPS) is 16.4. The van der Waals surface area contributed by atoms with Crippen molar-refractivity contribution in [3.63, 3.8) is 0 Å². The molecule has 0 saturated carbocycles. The maximum Gasteiger partial charge on any atom is 0.271 e. The van der Waals surface area contributed by atoms with Crippen LogP contribution in [-0.2, 0) is 10.0 Å². The standard InChI is InChI=1S/C25H28ClN3O3S/c1-28-15-17-29(18-16-28)19-25(20-7-11-22(26)12-8-20)21-9-13-23(14-10-21)32-27-33(30,31)24-5-3-2-4-6-24/h2-14,25,27H,15-19H2,1H3. The highest BCUT2D eigenvalue weighted by molar-refractivity contribution is 7.89. The van der Waals surface area contributed by atoms with Gasteiger partial charge >= 0.3 is 0 Å². The van der Waals surface area contributed by atoms with Gasteiger partial charge in [-0.05, 0) is 59.5 Å². The molecule has 1 N–H and O–H groups in total. The second-order valence-corrected chi connectivity index (χ2v) is 10.4. The van der Waals surface area contributed by atoms with Gasteiger partial charge in [-0.15, -0.1) is 0 Å². The number of hydrogen-bond acceptors (Lipinski definition) is 5. The van der Waals surface area contributed by atoms with Crippen LogP contribution in [0.1, 0.15) is 17.0 Å². The molecule has 0 aliphatic carbocycles. The maximum absolute atomic E-state index is 12.4. The summed E-state index contributed by atoms with van der Waals surface area (Å²) in [6.45, 7) is 5.08. The van der Waals surface area contributed by atoms with Crippen molar-refractivity contribution < 1.29 is 13.3 Å². The number of nitrogens with zero attached hydrogens (tertiary/aromatic N) is 2. The fourth-order valence-corrected chi connectivity index (χ4v) is 4.85. The topological polar surface area (TPSA) is 61.9 Å². The summed E-state index contributed by atoms with van der Waals surface area (Å²) < 4.78 is 24.8. The highest BCUT2D eigenvalue weighted by Gasteiger charge is 2.21. The van der Waals surface area contributed by atoms with Crippen LogP contribution >= 0.6 is 11.6 Å². The number of sulfonamides is 1. The minimum absolute atomic E-state index is 0.150. The molecule has 174 valence electrons. The van der Waals surface area contributed by atoms with E-state index in [0.29, 0.717) is 10.8 Å².